The average molecular weight is 266 g/mol. The molecule has 2 aromatic rings. The molecule has 0 aliphatic carbocycles. The van der Waals surface area contributed by atoms with E-state index in [1.54, 1.807) is 0 Å². The van der Waals surface area contributed by atoms with Gasteiger partial charge in [-0.1, -0.05) is 0 Å². The van der Waals surface area contributed by atoms with Crippen LogP contribution >= 0.6 is 11.3 Å². The third-order valence-electron chi connectivity index (χ3n) is 2.26. The molecule has 0 spiro atoms. The van der Waals surface area contributed by atoms with Gasteiger partial charge in [0, 0.05) is 16.8 Å². The van der Waals surface area contributed by atoms with Crippen LogP contribution in [0.4, 0.5) is 10.1 Å². The largest absolute Gasteiger partial charge is 0.478 e. The number of thiazole rings is 1. The minimum Gasteiger partial charge on any atom is -0.478 e. The van der Waals surface area contributed by atoms with Gasteiger partial charge in [-0.2, -0.15) is 0 Å². The monoisotopic (exact) mass is 266 g/mol. The fraction of sp³-hybridized carbons (Fsp3) is 0.167. The minimum atomic E-state index is -1.15. The number of benzene rings is 1. The zero-order valence-electron chi connectivity index (χ0n) is 9.61. The molecule has 6 heteroatoms. The molecule has 94 valence electrons. The van der Waals surface area contributed by atoms with Crippen molar-refractivity contribution >= 4 is 23.0 Å². The molecule has 4 nitrogen and oxygen atoms in total. The number of carboxylic acid groups (broad SMARTS) is 1. The molecule has 1 heterocycles. The number of aryl methyl sites for hydroxylation is 1. The Morgan fingerprint density at radius 2 is 2.28 bits per heavy atom. The molecule has 0 amide bonds. The van der Waals surface area contributed by atoms with Crippen LogP contribution in [0.5, 0.6) is 0 Å². The van der Waals surface area contributed by atoms with E-state index in [1.165, 1.54) is 23.5 Å². The Bertz CT molecular complexity index is 583. The van der Waals surface area contributed by atoms with Crippen molar-refractivity contribution < 1.29 is 14.3 Å². The first-order chi connectivity index (χ1) is 8.54. The maximum atomic E-state index is 13.2. The Kier molecular flexibility index (Phi) is 3.57. The van der Waals surface area contributed by atoms with Crippen molar-refractivity contribution in [3.05, 3.63) is 45.7 Å². The van der Waals surface area contributed by atoms with Crippen molar-refractivity contribution in [2.24, 2.45) is 0 Å². The van der Waals surface area contributed by atoms with E-state index >= 15 is 0 Å². The summed E-state index contributed by atoms with van der Waals surface area (Å²) < 4.78 is 13.2. The number of halogens is 1. The number of carbonyl (C=O) groups is 1. The normalized spacial score (nSPS) is 10.3. The van der Waals surface area contributed by atoms with E-state index in [9.17, 15) is 9.18 Å². The van der Waals surface area contributed by atoms with Crippen LogP contribution < -0.4 is 5.32 Å². The third-order valence-corrected chi connectivity index (χ3v) is 3.22. The highest BCUT2D eigenvalue weighted by Crippen LogP contribution is 2.16. The fourth-order valence-corrected chi connectivity index (χ4v) is 2.19. The van der Waals surface area contributed by atoms with Crippen LogP contribution in [0.1, 0.15) is 21.1 Å². The number of hydrogen-bond acceptors (Lipinski definition) is 4. The second-order valence-corrected chi connectivity index (χ2v) is 4.71. The van der Waals surface area contributed by atoms with Crippen molar-refractivity contribution in [2.75, 3.05) is 5.32 Å². The van der Waals surface area contributed by atoms with Crippen LogP contribution in [0, 0.1) is 12.7 Å². The number of hydrogen-bond donors (Lipinski definition) is 2. The van der Waals surface area contributed by atoms with Gasteiger partial charge < -0.3 is 10.4 Å². The molecule has 0 unspecified atom stereocenters. The lowest BCUT2D eigenvalue weighted by Gasteiger charge is -2.05. The van der Waals surface area contributed by atoms with Crippen molar-refractivity contribution in [2.45, 2.75) is 13.5 Å². The molecule has 0 saturated heterocycles. The maximum absolute atomic E-state index is 13.2. The van der Waals surface area contributed by atoms with Crippen LogP contribution in [0.2, 0.25) is 0 Å². The van der Waals surface area contributed by atoms with Gasteiger partial charge in [0.2, 0.25) is 0 Å². The molecule has 0 bridgehead atoms. The number of carboxylic acids is 1. The molecule has 0 saturated carbocycles. The molecular formula is C12H11FN2O2S. The van der Waals surface area contributed by atoms with E-state index in [0.29, 0.717) is 12.2 Å². The Morgan fingerprint density at radius 3 is 2.89 bits per heavy atom. The molecule has 0 aliphatic rings. The molecule has 0 fully saturated rings. The number of anilines is 1. The average Bonchev–Trinajstić information content (AvgIpc) is 2.72. The smallest absolute Gasteiger partial charge is 0.335 e. The predicted octanol–water partition coefficient (Wildman–Crippen LogP) is 2.90. The number of aromatic nitrogens is 1. The summed E-state index contributed by atoms with van der Waals surface area (Å²) in [5, 5.41) is 14.6. The molecule has 0 atom stereocenters. The van der Waals surface area contributed by atoms with Crippen molar-refractivity contribution in [1.82, 2.24) is 4.98 Å². The molecule has 2 rings (SSSR count). The molecule has 0 radical (unpaired) electrons. The van der Waals surface area contributed by atoms with Gasteiger partial charge in [-0.25, -0.2) is 14.2 Å². The number of rotatable bonds is 4. The van der Waals surface area contributed by atoms with Gasteiger partial charge >= 0.3 is 5.97 Å². The predicted molar refractivity (Wildman–Crippen MR) is 67.5 cm³/mol. The third kappa shape index (κ3) is 3.04. The second-order valence-electron chi connectivity index (χ2n) is 3.77. The minimum absolute atomic E-state index is 0.0761. The molecule has 2 N–H and O–H groups in total. The lowest BCUT2D eigenvalue weighted by molar-refractivity contribution is 0.0696. The second kappa shape index (κ2) is 5.14. The lowest BCUT2D eigenvalue weighted by atomic mass is 10.2. The van der Waals surface area contributed by atoms with E-state index in [4.69, 9.17) is 5.11 Å². The standard InChI is InChI=1S/C12H11FN2O2S/c1-7-6-18-11(15-7)5-14-10-3-8(12(16)17)2-9(13)4-10/h2-4,6,14H,5H2,1H3,(H,16,17). The van der Waals surface area contributed by atoms with E-state index < -0.39 is 11.8 Å². The van der Waals surface area contributed by atoms with E-state index in [0.717, 1.165) is 16.8 Å². The molecule has 1 aromatic carbocycles. The van der Waals surface area contributed by atoms with Gasteiger partial charge in [0.15, 0.2) is 0 Å². The van der Waals surface area contributed by atoms with Gasteiger partial charge in [-0.05, 0) is 25.1 Å². The highest BCUT2D eigenvalue weighted by atomic mass is 32.1. The maximum Gasteiger partial charge on any atom is 0.335 e. The summed E-state index contributed by atoms with van der Waals surface area (Å²) in [5.41, 5.74) is 1.29. The van der Waals surface area contributed by atoms with Gasteiger partial charge in [-0.3, -0.25) is 0 Å². The first-order valence-corrected chi connectivity index (χ1v) is 6.11. The summed E-state index contributed by atoms with van der Waals surface area (Å²) in [6.45, 7) is 2.34. The summed E-state index contributed by atoms with van der Waals surface area (Å²) in [7, 11) is 0. The van der Waals surface area contributed by atoms with E-state index in [2.05, 4.69) is 10.3 Å². The van der Waals surface area contributed by atoms with Gasteiger partial charge in [0.25, 0.3) is 0 Å². The summed E-state index contributed by atoms with van der Waals surface area (Å²) in [6, 6.07) is 3.64. The van der Waals surface area contributed by atoms with Gasteiger partial charge in [-0.15, -0.1) is 11.3 Å². The summed E-state index contributed by atoms with van der Waals surface area (Å²) in [6.07, 6.45) is 0. The van der Waals surface area contributed by atoms with E-state index in [1.807, 2.05) is 12.3 Å². The summed E-state index contributed by atoms with van der Waals surface area (Å²) >= 11 is 1.50. The molecule has 0 aliphatic heterocycles. The van der Waals surface area contributed by atoms with Crippen LogP contribution in [-0.4, -0.2) is 16.1 Å². The number of nitrogens with zero attached hydrogens (tertiary/aromatic N) is 1. The highest BCUT2D eigenvalue weighted by Gasteiger charge is 2.07. The zero-order chi connectivity index (χ0) is 13.1. The summed E-state index contributed by atoms with van der Waals surface area (Å²) in [4.78, 5) is 15.0. The van der Waals surface area contributed by atoms with Crippen LogP contribution in [0.15, 0.2) is 23.6 Å². The number of nitrogens with one attached hydrogen (secondary N) is 1. The molecular weight excluding hydrogens is 255 g/mol. The summed E-state index contributed by atoms with van der Waals surface area (Å²) in [5.74, 6) is -1.73. The Morgan fingerprint density at radius 1 is 1.50 bits per heavy atom. The molecule has 18 heavy (non-hydrogen) atoms. The quantitative estimate of drug-likeness (QED) is 0.893. The van der Waals surface area contributed by atoms with Crippen molar-refractivity contribution in [3.63, 3.8) is 0 Å². The zero-order valence-corrected chi connectivity index (χ0v) is 10.4. The van der Waals surface area contributed by atoms with Crippen LogP contribution in [0.3, 0.4) is 0 Å². The van der Waals surface area contributed by atoms with Gasteiger partial charge in [0.05, 0.1) is 12.1 Å². The lowest BCUT2D eigenvalue weighted by Crippen LogP contribution is -2.03. The molecule has 1 aromatic heterocycles. The van der Waals surface area contributed by atoms with Gasteiger partial charge in [0.1, 0.15) is 10.8 Å². The first kappa shape index (κ1) is 12.5. The topological polar surface area (TPSA) is 62.2 Å². The Labute approximate surface area is 107 Å². The highest BCUT2D eigenvalue weighted by molar-refractivity contribution is 7.09. The first-order valence-electron chi connectivity index (χ1n) is 5.23. The van der Waals surface area contributed by atoms with Crippen molar-refractivity contribution in [3.8, 4) is 0 Å². The van der Waals surface area contributed by atoms with Crippen LogP contribution in [0.25, 0.3) is 0 Å². The van der Waals surface area contributed by atoms with E-state index in [-0.39, 0.29) is 5.56 Å². The fourth-order valence-electron chi connectivity index (χ4n) is 1.48. The SMILES string of the molecule is Cc1csc(CNc2cc(F)cc(C(=O)O)c2)n1. The Hall–Kier alpha value is -1.95. The van der Waals surface area contributed by atoms with Crippen molar-refractivity contribution in [1.29, 1.82) is 0 Å². The van der Waals surface area contributed by atoms with Crippen LogP contribution in [-0.2, 0) is 6.54 Å². The Balaban J connectivity index is 2.11. The number of aromatic carboxylic acids is 1.